The Morgan fingerprint density at radius 2 is 2.26 bits per heavy atom. The first-order valence-electron chi connectivity index (χ1n) is 8.09. The van der Waals surface area contributed by atoms with E-state index in [2.05, 4.69) is 0 Å². The molecule has 2 rings (SSSR count). The number of hydrogen-bond acceptors (Lipinski definition) is 3. The Labute approximate surface area is 147 Å². The molecular formula is C17H24Cl2N2O2. The summed E-state index contributed by atoms with van der Waals surface area (Å²) in [6.45, 7) is 4.07. The SMILES string of the molecule is CC(N)C1CCCN(C(=O)CCCOc2cccc(Cl)c2Cl)C1. The number of halogens is 2. The third-order valence-electron chi connectivity index (χ3n) is 4.26. The number of carbonyl (C=O) groups excluding carboxylic acids is 1. The van der Waals surface area contributed by atoms with Crippen LogP contribution in [0.5, 0.6) is 5.75 Å². The van der Waals surface area contributed by atoms with E-state index in [1.54, 1.807) is 18.2 Å². The van der Waals surface area contributed by atoms with E-state index in [0.717, 1.165) is 25.9 Å². The molecule has 0 saturated carbocycles. The fourth-order valence-electron chi connectivity index (χ4n) is 2.82. The highest BCUT2D eigenvalue weighted by Gasteiger charge is 2.25. The number of rotatable bonds is 6. The summed E-state index contributed by atoms with van der Waals surface area (Å²) < 4.78 is 5.61. The first kappa shape index (κ1) is 18.4. The minimum absolute atomic E-state index is 0.138. The van der Waals surface area contributed by atoms with E-state index in [1.165, 1.54) is 0 Å². The van der Waals surface area contributed by atoms with Gasteiger partial charge in [-0.25, -0.2) is 0 Å². The van der Waals surface area contributed by atoms with Crippen molar-refractivity contribution in [3.8, 4) is 5.75 Å². The van der Waals surface area contributed by atoms with Gasteiger partial charge < -0.3 is 15.4 Å². The molecule has 4 nitrogen and oxygen atoms in total. The van der Waals surface area contributed by atoms with Crippen molar-refractivity contribution in [2.24, 2.45) is 11.7 Å². The standard InChI is InChI=1S/C17H24Cl2N2O2/c1-12(20)13-5-3-9-21(11-13)16(22)8-4-10-23-15-7-2-6-14(18)17(15)19/h2,6-7,12-13H,3-5,8-11,20H2,1H3. The minimum atomic E-state index is 0.138. The second kappa shape index (κ2) is 8.76. The third kappa shape index (κ3) is 5.27. The molecule has 6 heteroatoms. The van der Waals surface area contributed by atoms with Crippen LogP contribution in [-0.2, 0) is 4.79 Å². The van der Waals surface area contributed by atoms with E-state index in [1.807, 2.05) is 11.8 Å². The molecule has 1 saturated heterocycles. The van der Waals surface area contributed by atoms with Gasteiger partial charge in [0, 0.05) is 25.6 Å². The largest absolute Gasteiger partial charge is 0.492 e. The van der Waals surface area contributed by atoms with Gasteiger partial charge in [0.15, 0.2) is 0 Å². The average Bonchev–Trinajstić information content (AvgIpc) is 2.55. The van der Waals surface area contributed by atoms with Crippen LogP contribution >= 0.6 is 23.2 Å². The van der Waals surface area contributed by atoms with Crippen LogP contribution in [0.4, 0.5) is 0 Å². The Morgan fingerprint density at radius 3 is 3.00 bits per heavy atom. The molecule has 0 bridgehead atoms. The number of hydrogen-bond donors (Lipinski definition) is 1. The van der Waals surface area contributed by atoms with Crippen molar-refractivity contribution in [2.45, 2.75) is 38.6 Å². The number of piperidine rings is 1. The molecule has 0 radical (unpaired) electrons. The molecule has 2 atom stereocenters. The number of nitrogens with zero attached hydrogens (tertiary/aromatic N) is 1. The zero-order valence-corrected chi connectivity index (χ0v) is 14.9. The van der Waals surface area contributed by atoms with Crippen molar-refractivity contribution in [1.82, 2.24) is 4.90 Å². The van der Waals surface area contributed by atoms with Crippen LogP contribution in [0.15, 0.2) is 18.2 Å². The van der Waals surface area contributed by atoms with E-state index in [9.17, 15) is 4.79 Å². The summed E-state index contributed by atoms with van der Waals surface area (Å²) in [5, 5.41) is 0.881. The second-order valence-corrected chi connectivity index (χ2v) is 6.89. The van der Waals surface area contributed by atoms with E-state index >= 15 is 0 Å². The highest BCUT2D eigenvalue weighted by molar-refractivity contribution is 6.42. The quantitative estimate of drug-likeness (QED) is 0.788. The van der Waals surface area contributed by atoms with Crippen LogP contribution in [0.25, 0.3) is 0 Å². The summed E-state index contributed by atoms with van der Waals surface area (Å²) in [7, 11) is 0. The summed E-state index contributed by atoms with van der Waals surface area (Å²) in [5.74, 6) is 1.15. The van der Waals surface area contributed by atoms with Crippen molar-refractivity contribution in [1.29, 1.82) is 0 Å². The molecule has 0 spiro atoms. The molecule has 1 heterocycles. The van der Waals surface area contributed by atoms with Gasteiger partial charge in [-0.1, -0.05) is 29.3 Å². The lowest BCUT2D eigenvalue weighted by molar-refractivity contribution is -0.133. The Kier molecular flexibility index (Phi) is 7.00. The van der Waals surface area contributed by atoms with Gasteiger partial charge in [0.2, 0.25) is 5.91 Å². The maximum Gasteiger partial charge on any atom is 0.222 e. The first-order chi connectivity index (χ1) is 11.0. The summed E-state index contributed by atoms with van der Waals surface area (Å²) in [6, 6.07) is 5.41. The zero-order valence-electron chi connectivity index (χ0n) is 13.4. The molecule has 1 aliphatic heterocycles. The third-order valence-corrected chi connectivity index (χ3v) is 5.06. The zero-order chi connectivity index (χ0) is 16.8. The molecule has 0 aromatic heterocycles. The molecule has 2 N–H and O–H groups in total. The second-order valence-electron chi connectivity index (χ2n) is 6.11. The maximum atomic E-state index is 12.3. The molecule has 0 aliphatic carbocycles. The van der Waals surface area contributed by atoms with Gasteiger partial charge in [0.1, 0.15) is 10.8 Å². The molecule has 23 heavy (non-hydrogen) atoms. The highest BCUT2D eigenvalue weighted by atomic mass is 35.5. The fourth-order valence-corrected chi connectivity index (χ4v) is 3.17. The molecule has 1 aromatic rings. The lowest BCUT2D eigenvalue weighted by atomic mass is 9.92. The smallest absolute Gasteiger partial charge is 0.222 e. The molecule has 1 amide bonds. The van der Waals surface area contributed by atoms with E-state index < -0.39 is 0 Å². The number of benzene rings is 1. The van der Waals surface area contributed by atoms with Gasteiger partial charge >= 0.3 is 0 Å². The van der Waals surface area contributed by atoms with E-state index in [-0.39, 0.29) is 11.9 Å². The van der Waals surface area contributed by atoms with Crippen LogP contribution in [0.3, 0.4) is 0 Å². The topological polar surface area (TPSA) is 55.6 Å². The van der Waals surface area contributed by atoms with Gasteiger partial charge in [-0.2, -0.15) is 0 Å². The number of carbonyl (C=O) groups is 1. The van der Waals surface area contributed by atoms with Crippen molar-refractivity contribution in [3.05, 3.63) is 28.2 Å². The monoisotopic (exact) mass is 358 g/mol. The Morgan fingerprint density at radius 1 is 1.48 bits per heavy atom. The van der Waals surface area contributed by atoms with Crippen molar-refractivity contribution in [3.63, 3.8) is 0 Å². The fraction of sp³-hybridized carbons (Fsp3) is 0.588. The first-order valence-corrected chi connectivity index (χ1v) is 8.84. The van der Waals surface area contributed by atoms with E-state index in [4.69, 9.17) is 33.7 Å². The molecule has 1 aromatic carbocycles. The molecule has 1 aliphatic rings. The number of likely N-dealkylation sites (tertiary alicyclic amines) is 1. The lowest BCUT2D eigenvalue weighted by Gasteiger charge is -2.34. The summed E-state index contributed by atoms with van der Waals surface area (Å²) in [5.41, 5.74) is 5.96. The predicted molar refractivity (Wildman–Crippen MR) is 94.1 cm³/mol. The minimum Gasteiger partial charge on any atom is -0.492 e. The Bertz CT molecular complexity index is 537. The van der Waals surface area contributed by atoms with Crippen molar-refractivity contribution in [2.75, 3.05) is 19.7 Å². The highest BCUT2D eigenvalue weighted by Crippen LogP contribution is 2.31. The Balaban J connectivity index is 1.73. The summed E-state index contributed by atoms with van der Waals surface area (Å²) in [4.78, 5) is 14.2. The molecular weight excluding hydrogens is 335 g/mol. The van der Waals surface area contributed by atoms with Crippen molar-refractivity contribution < 1.29 is 9.53 Å². The van der Waals surface area contributed by atoms with Crippen LogP contribution in [-0.4, -0.2) is 36.5 Å². The molecule has 128 valence electrons. The van der Waals surface area contributed by atoms with Crippen molar-refractivity contribution >= 4 is 29.1 Å². The van der Waals surface area contributed by atoms with Crippen LogP contribution in [0.2, 0.25) is 10.0 Å². The number of nitrogens with two attached hydrogens (primary N) is 1. The maximum absolute atomic E-state index is 12.3. The lowest BCUT2D eigenvalue weighted by Crippen LogP contribution is -2.45. The molecule has 1 fully saturated rings. The van der Waals surface area contributed by atoms with Gasteiger partial charge in [0.25, 0.3) is 0 Å². The van der Waals surface area contributed by atoms with Crippen LogP contribution < -0.4 is 10.5 Å². The van der Waals surface area contributed by atoms with Crippen LogP contribution in [0, 0.1) is 5.92 Å². The predicted octanol–water partition coefficient (Wildman–Crippen LogP) is 3.74. The summed E-state index contributed by atoms with van der Waals surface area (Å²) >= 11 is 12.0. The van der Waals surface area contributed by atoms with Gasteiger partial charge in [-0.15, -0.1) is 0 Å². The average molecular weight is 359 g/mol. The number of ether oxygens (including phenoxy) is 1. The Hall–Kier alpha value is -0.970. The van der Waals surface area contributed by atoms with Crippen LogP contribution in [0.1, 0.15) is 32.6 Å². The van der Waals surface area contributed by atoms with Gasteiger partial charge in [0.05, 0.1) is 11.6 Å². The van der Waals surface area contributed by atoms with Gasteiger partial charge in [-0.3, -0.25) is 4.79 Å². The normalized spacial score (nSPS) is 19.5. The molecule has 2 unspecified atom stereocenters. The van der Waals surface area contributed by atoms with Gasteiger partial charge in [-0.05, 0) is 44.2 Å². The summed E-state index contributed by atoms with van der Waals surface area (Å²) in [6.07, 6.45) is 3.27. The van der Waals surface area contributed by atoms with E-state index in [0.29, 0.717) is 41.2 Å². The number of amides is 1.